The zero-order chi connectivity index (χ0) is 49.7. The molecule has 0 aromatic heterocycles. The molecule has 2 heterocycles. The summed E-state index contributed by atoms with van der Waals surface area (Å²) >= 11 is 1.57. The minimum atomic E-state index is -1.06. The highest BCUT2D eigenvalue weighted by atomic mass is 32.2. The molecule has 380 valence electrons. The average Bonchev–Trinajstić information content (AvgIpc) is 3.45. The van der Waals surface area contributed by atoms with Crippen LogP contribution >= 0.6 is 11.8 Å². The Kier molecular flexibility index (Phi) is 20.3. The summed E-state index contributed by atoms with van der Waals surface area (Å²) in [6.07, 6.45) is -4.64. The normalized spacial score (nSPS) is 24.0. The number of thioether (sulfide) groups is 1. The first kappa shape index (κ1) is 52.4. The van der Waals surface area contributed by atoms with Crippen molar-refractivity contribution in [2.24, 2.45) is 0 Å². The maximum absolute atomic E-state index is 7.56. The third kappa shape index (κ3) is 15.5. The van der Waals surface area contributed by atoms with Crippen LogP contribution in [0.15, 0.2) is 212 Å². The van der Waals surface area contributed by atoms with Gasteiger partial charge in [0, 0.05) is 0 Å². The van der Waals surface area contributed by atoms with Gasteiger partial charge in [0.15, 0.2) is 6.29 Å². The molecule has 9 rings (SSSR count). The number of hydrogen-bond acceptors (Lipinski definition) is 11. The van der Waals surface area contributed by atoms with E-state index in [1.165, 1.54) is 0 Å². The fourth-order valence-corrected chi connectivity index (χ4v) is 9.90. The summed E-state index contributed by atoms with van der Waals surface area (Å²) < 4.78 is 70.3. The Morgan fingerprint density at radius 2 is 0.603 bits per heavy atom. The van der Waals surface area contributed by atoms with Gasteiger partial charge in [-0.3, -0.25) is 0 Å². The molecule has 2 fully saturated rings. The number of benzene rings is 7. The van der Waals surface area contributed by atoms with Gasteiger partial charge in [-0.1, -0.05) is 212 Å². The van der Waals surface area contributed by atoms with E-state index < -0.39 is 60.6 Å². The molecule has 2 aliphatic heterocycles. The maximum Gasteiger partial charge on any atom is 0.187 e. The zero-order valence-electron chi connectivity index (χ0n) is 41.3. The summed E-state index contributed by atoms with van der Waals surface area (Å²) in [7, 11) is 0. The summed E-state index contributed by atoms with van der Waals surface area (Å²) in [5.74, 6) is 0. The van der Waals surface area contributed by atoms with Crippen LogP contribution in [-0.2, 0) is 93.6 Å². The van der Waals surface area contributed by atoms with Crippen LogP contribution in [0.5, 0.6) is 0 Å². The van der Waals surface area contributed by atoms with Gasteiger partial charge in [0.25, 0.3) is 0 Å². The van der Waals surface area contributed by atoms with Gasteiger partial charge in [-0.2, -0.15) is 0 Å². The second kappa shape index (κ2) is 28.2. The summed E-state index contributed by atoms with van der Waals surface area (Å²) in [5, 5.41) is 0. The molecule has 10 nitrogen and oxygen atoms in total. The SMILES string of the molecule is CS[C@@H]1O[C@H](COCc2ccccc2)[C@@H](O[C@@H]2O[C@H](COCc3ccccc3)[C@H](OCc3ccccc3)[C@H](OCc3ccccc3)[C@H]2OCc2ccccc2)[C@H](OCc2ccccc2)[C@H]1OCc1ccccc1. The minimum Gasteiger partial charge on any atom is -0.374 e. The van der Waals surface area contributed by atoms with E-state index in [-0.39, 0.29) is 26.4 Å². The Labute approximate surface area is 434 Å². The lowest BCUT2D eigenvalue weighted by molar-refractivity contribution is -0.360. The lowest BCUT2D eigenvalue weighted by Crippen LogP contribution is -2.66. The van der Waals surface area contributed by atoms with Crippen LogP contribution in [0, 0.1) is 0 Å². The van der Waals surface area contributed by atoms with E-state index in [1.54, 1.807) is 11.8 Å². The van der Waals surface area contributed by atoms with Crippen molar-refractivity contribution in [1.82, 2.24) is 0 Å². The molecule has 0 unspecified atom stereocenters. The second-order valence-electron chi connectivity index (χ2n) is 18.2. The summed E-state index contributed by atoms with van der Waals surface area (Å²) in [5.41, 5.74) is 6.66. The monoisotopic (exact) mass is 1000 g/mol. The van der Waals surface area contributed by atoms with Gasteiger partial charge in [0.2, 0.25) is 0 Å². The Hall–Kier alpha value is -5.51. The van der Waals surface area contributed by atoms with Crippen molar-refractivity contribution in [1.29, 1.82) is 0 Å². The van der Waals surface area contributed by atoms with Crippen LogP contribution in [0.3, 0.4) is 0 Å². The summed E-state index contributed by atoms with van der Waals surface area (Å²) in [4.78, 5) is 0. The van der Waals surface area contributed by atoms with E-state index in [1.807, 2.05) is 158 Å². The van der Waals surface area contributed by atoms with Gasteiger partial charge >= 0.3 is 0 Å². The molecule has 7 aromatic carbocycles. The van der Waals surface area contributed by atoms with Crippen molar-refractivity contribution in [3.05, 3.63) is 251 Å². The molecule has 0 radical (unpaired) electrons. The average molecular weight is 1000 g/mol. The van der Waals surface area contributed by atoms with Crippen molar-refractivity contribution in [2.75, 3.05) is 19.5 Å². The molecule has 73 heavy (non-hydrogen) atoms. The third-order valence-corrected chi connectivity index (χ3v) is 13.8. The number of rotatable bonds is 26. The van der Waals surface area contributed by atoms with Crippen molar-refractivity contribution in [2.45, 2.75) is 107 Å². The van der Waals surface area contributed by atoms with E-state index in [0.717, 1.165) is 38.9 Å². The minimum absolute atomic E-state index is 0.168. The maximum atomic E-state index is 7.56. The lowest BCUT2D eigenvalue weighted by atomic mass is 9.96. The Balaban J connectivity index is 1.11. The van der Waals surface area contributed by atoms with E-state index in [2.05, 4.69) is 60.7 Å². The fourth-order valence-electron chi connectivity index (χ4n) is 9.14. The largest absolute Gasteiger partial charge is 0.374 e. The highest BCUT2D eigenvalue weighted by Gasteiger charge is 2.54. The van der Waals surface area contributed by atoms with E-state index in [0.29, 0.717) is 33.0 Å². The Bertz CT molecular complexity index is 2570. The van der Waals surface area contributed by atoms with Crippen molar-refractivity contribution in [3.63, 3.8) is 0 Å². The predicted octanol–water partition coefficient (Wildman–Crippen LogP) is 11.5. The highest BCUT2D eigenvalue weighted by Crippen LogP contribution is 2.38. The number of hydrogen-bond donors (Lipinski definition) is 0. The lowest BCUT2D eigenvalue weighted by Gasteiger charge is -2.50. The molecular weight excluding hydrogens is 937 g/mol. The Morgan fingerprint density at radius 1 is 0.315 bits per heavy atom. The molecule has 0 amide bonds. The van der Waals surface area contributed by atoms with Gasteiger partial charge in [-0.25, -0.2) is 0 Å². The zero-order valence-corrected chi connectivity index (χ0v) is 42.2. The fraction of sp³-hybridized carbons (Fsp3) is 0.323. The molecular formula is C62H66O10S. The second-order valence-corrected chi connectivity index (χ2v) is 19.2. The molecule has 2 saturated heterocycles. The van der Waals surface area contributed by atoms with Crippen molar-refractivity contribution in [3.8, 4) is 0 Å². The van der Waals surface area contributed by atoms with E-state index >= 15 is 0 Å². The summed E-state index contributed by atoms with van der Waals surface area (Å²) in [6, 6.07) is 70.9. The first-order valence-corrected chi connectivity index (χ1v) is 26.5. The van der Waals surface area contributed by atoms with Crippen LogP contribution < -0.4 is 0 Å². The molecule has 0 saturated carbocycles. The van der Waals surface area contributed by atoms with Gasteiger partial charge in [-0.05, 0) is 45.2 Å². The highest BCUT2D eigenvalue weighted by molar-refractivity contribution is 7.99. The van der Waals surface area contributed by atoms with E-state index in [9.17, 15) is 0 Å². The predicted molar refractivity (Wildman–Crippen MR) is 283 cm³/mol. The van der Waals surface area contributed by atoms with Crippen LogP contribution in [-0.4, -0.2) is 80.0 Å². The van der Waals surface area contributed by atoms with Crippen molar-refractivity contribution < 1.29 is 47.4 Å². The van der Waals surface area contributed by atoms with Gasteiger partial charge < -0.3 is 47.4 Å². The molecule has 7 aromatic rings. The first-order chi connectivity index (χ1) is 36.2. The third-order valence-electron chi connectivity index (χ3n) is 12.9. The van der Waals surface area contributed by atoms with Gasteiger partial charge in [-0.15, -0.1) is 11.8 Å². The topological polar surface area (TPSA) is 92.3 Å². The molecule has 0 spiro atoms. The first-order valence-electron chi connectivity index (χ1n) is 25.2. The molecule has 2 aliphatic rings. The number of ether oxygens (including phenoxy) is 10. The smallest absolute Gasteiger partial charge is 0.187 e. The van der Waals surface area contributed by atoms with E-state index in [4.69, 9.17) is 47.4 Å². The van der Waals surface area contributed by atoms with Crippen molar-refractivity contribution >= 4 is 11.8 Å². The molecule has 0 aliphatic carbocycles. The van der Waals surface area contributed by atoms with Gasteiger partial charge in [0.05, 0.1) is 59.5 Å². The molecule has 10 atom stereocenters. The summed E-state index contributed by atoms with van der Waals surface area (Å²) in [6.45, 7) is 2.55. The molecule has 0 bridgehead atoms. The van der Waals surface area contributed by atoms with Crippen LogP contribution in [0.4, 0.5) is 0 Å². The standard InChI is InChI=1S/C62H66O10S/c1-73-62-60(69-43-52-35-21-8-22-36-52)58(67-41-50-31-17-6-18-32-50)56(54(71-62)45-64-38-47-25-11-3-12-26-47)72-61-59(68-42-51-33-19-7-20-34-51)57(66-40-49-29-15-5-16-30-49)55(65-39-48-27-13-4-14-28-48)53(70-61)44-63-37-46-23-9-2-10-24-46/h2-36,53-62H,37-45H2,1H3/t53-,54-,55+,56-,57+,58+,59-,60-,61+,62+/m1/s1. The quantitative estimate of drug-likeness (QED) is 0.0519. The van der Waals surface area contributed by atoms with Crippen LogP contribution in [0.25, 0.3) is 0 Å². The molecule has 11 heteroatoms. The van der Waals surface area contributed by atoms with Crippen LogP contribution in [0.2, 0.25) is 0 Å². The molecule has 0 N–H and O–H groups in total. The Morgan fingerprint density at radius 3 is 0.959 bits per heavy atom. The van der Waals surface area contributed by atoms with Gasteiger partial charge in [0.1, 0.15) is 54.3 Å². The van der Waals surface area contributed by atoms with Crippen LogP contribution in [0.1, 0.15) is 38.9 Å².